The van der Waals surface area contributed by atoms with Crippen LogP contribution in [0, 0.1) is 12.7 Å². The van der Waals surface area contributed by atoms with Gasteiger partial charge in [0.1, 0.15) is 6.33 Å². The lowest BCUT2D eigenvalue weighted by Crippen LogP contribution is -2.08. The Labute approximate surface area is 105 Å². The van der Waals surface area contributed by atoms with Gasteiger partial charge in [0, 0.05) is 6.20 Å². The summed E-state index contributed by atoms with van der Waals surface area (Å²) in [6.45, 7) is 4.13. The van der Waals surface area contributed by atoms with Gasteiger partial charge in [-0.15, -0.1) is 0 Å². The zero-order chi connectivity index (χ0) is 13.0. The molecule has 0 amide bonds. The molecule has 0 aliphatic carbocycles. The molecule has 0 bridgehead atoms. The summed E-state index contributed by atoms with van der Waals surface area (Å²) in [5, 5.41) is 2.96. The molecule has 0 spiro atoms. The summed E-state index contributed by atoms with van der Waals surface area (Å²) < 4.78 is 13.7. The third kappa shape index (κ3) is 2.61. The van der Waals surface area contributed by atoms with Crippen LogP contribution in [0.2, 0.25) is 0 Å². The second kappa shape index (κ2) is 5.53. The van der Waals surface area contributed by atoms with Crippen LogP contribution in [0.15, 0.2) is 24.7 Å². The van der Waals surface area contributed by atoms with Gasteiger partial charge in [-0.05, 0) is 25.0 Å². The van der Waals surface area contributed by atoms with Gasteiger partial charge >= 0.3 is 0 Å². The number of anilines is 1. The van der Waals surface area contributed by atoms with Crippen LogP contribution in [0.25, 0.3) is 0 Å². The molecule has 0 unspecified atom stereocenters. The van der Waals surface area contributed by atoms with E-state index in [1.165, 1.54) is 6.33 Å². The van der Waals surface area contributed by atoms with Crippen molar-refractivity contribution < 1.29 is 4.39 Å². The molecule has 4 nitrogen and oxygen atoms in total. The van der Waals surface area contributed by atoms with E-state index in [2.05, 4.69) is 27.2 Å². The Morgan fingerprint density at radius 2 is 2.11 bits per heavy atom. The first-order chi connectivity index (χ1) is 8.72. The standard InChI is InChI=1S/C13H15FN4/c1-3-10-5-4-6-15-11(10)7-16-13-12(14)9(2)17-8-18-13/h4-6,8H,3,7H2,1-2H3,(H,16,17,18). The summed E-state index contributed by atoms with van der Waals surface area (Å²) in [4.78, 5) is 12.0. The van der Waals surface area contributed by atoms with Crippen LogP contribution in [-0.4, -0.2) is 15.0 Å². The Morgan fingerprint density at radius 1 is 1.28 bits per heavy atom. The first kappa shape index (κ1) is 12.4. The number of halogens is 1. The Kier molecular flexibility index (Phi) is 3.82. The quantitative estimate of drug-likeness (QED) is 0.900. The highest BCUT2D eigenvalue weighted by molar-refractivity contribution is 5.38. The topological polar surface area (TPSA) is 50.7 Å². The maximum absolute atomic E-state index is 13.7. The van der Waals surface area contributed by atoms with Crippen molar-refractivity contribution in [2.24, 2.45) is 0 Å². The molecule has 2 heterocycles. The number of nitrogens with one attached hydrogen (secondary N) is 1. The largest absolute Gasteiger partial charge is 0.362 e. The molecule has 0 aliphatic heterocycles. The number of aromatic nitrogens is 3. The fourth-order valence-electron chi connectivity index (χ4n) is 1.70. The van der Waals surface area contributed by atoms with Crippen molar-refractivity contribution in [3.8, 4) is 0 Å². The number of pyridine rings is 1. The normalized spacial score (nSPS) is 10.4. The summed E-state index contributed by atoms with van der Waals surface area (Å²) in [6, 6.07) is 3.92. The van der Waals surface area contributed by atoms with E-state index in [9.17, 15) is 4.39 Å². The van der Waals surface area contributed by atoms with Gasteiger partial charge in [-0.2, -0.15) is 0 Å². The molecular weight excluding hydrogens is 231 g/mol. The number of rotatable bonds is 4. The Hall–Kier alpha value is -2.04. The smallest absolute Gasteiger partial charge is 0.186 e. The highest BCUT2D eigenvalue weighted by atomic mass is 19.1. The molecular formula is C13H15FN4. The van der Waals surface area contributed by atoms with Crippen molar-refractivity contribution in [3.05, 3.63) is 47.4 Å². The van der Waals surface area contributed by atoms with Crippen molar-refractivity contribution in [2.75, 3.05) is 5.32 Å². The molecule has 5 heteroatoms. The molecule has 0 saturated heterocycles. The molecule has 0 atom stereocenters. The van der Waals surface area contributed by atoms with E-state index in [0.29, 0.717) is 12.2 Å². The molecule has 94 valence electrons. The van der Waals surface area contributed by atoms with Gasteiger partial charge in [-0.3, -0.25) is 4.98 Å². The lowest BCUT2D eigenvalue weighted by Gasteiger charge is -2.09. The third-order valence-electron chi connectivity index (χ3n) is 2.75. The number of hydrogen-bond donors (Lipinski definition) is 1. The first-order valence-corrected chi connectivity index (χ1v) is 5.86. The van der Waals surface area contributed by atoms with Crippen LogP contribution >= 0.6 is 0 Å². The number of aryl methyl sites for hydroxylation is 2. The molecule has 0 aliphatic rings. The average Bonchev–Trinajstić information content (AvgIpc) is 2.41. The summed E-state index contributed by atoms with van der Waals surface area (Å²) >= 11 is 0. The highest BCUT2D eigenvalue weighted by Crippen LogP contribution is 2.14. The highest BCUT2D eigenvalue weighted by Gasteiger charge is 2.08. The zero-order valence-corrected chi connectivity index (χ0v) is 10.4. The van der Waals surface area contributed by atoms with Crippen LogP contribution < -0.4 is 5.32 Å². The monoisotopic (exact) mass is 246 g/mol. The Balaban J connectivity index is 2.14. The summed E-state index contributed by atoms with van der Waals surface area (Å²) in [5.74, 6) is -0.193. The molecule has 2 aromatic rings. The van der Waals surface area contributed by atoms with Gasteiger partial charge in [0.05, 0.1) is 17.9 Å². The third-order valence-corrected chi connectivity index (χ3v) is 2.75. The van der Waals surface area contributed by atoms with Gasteiger partial charge in [-0.1, -0.05) is 13.0 Å². The molecule has 0 radical (unpaired) electrons. The second-order valence-corrected chi connectivity index (χ2v) is 3.94. The van der Waals surface area contributed by atoms with Crippen LogP contribution in [0.1, 0.15) is 23.9 Å². The maximum atomic E-state index is 13.7. The van der Waals surface area contributed by atoms with E-state index in [1.807, 2.05) is 12.1 Å². The van der Waals surface area contributed by atoms with Crippen LogP contribution in [0.4, 0.5) is 10.2 Å². The van der Waals surface area contributed by atoms with E-state index in [1.54, 1.807) is 13.1 Å². The van der Waals surface area contributed by atoms with Crippen LogP contribution in [0.3, 0.4) is 0 Å². The number of nitrogens with zero attached hydrogens (tertiary/aromatic N) is 3. The van der Waals surface area contributed by atoms with Crippen molar-refractivity contribution >= 4 is 5.82 Å². The first-order valence-electron chi connectivity index (χ1n) is 5.86. The zero-order valence-electron chi connectivity index (χ0n) is 10.4. The average molecular weight is 246 g/mol. The molecule has 1 N–H and O–H groups in total. The number of hydrogen-bond acceptors (Lipinski definition) is 4. The maximum Gasteiger partial charge on any atom is 0.186 e. The minimum atomic E-state index is -0.411. The Bertz CT molecular complexity index is 542. The van der Waals surface area contributed by atoms with Gasteiger partial charge in [0.15, 0.2) is 11.6 Å². The lowest BCUT2D eigenvalue weighted by atomic mass is 10.1. The molecule has 2 aromatic heterocycles. The van der Waals surface area contributed by atoms with E-state index in [4.69, 9.17) is 0 Å². The molecule has 0 fully saturated rings. The molecule has 2 rings (SSSR count). The molecule has 0 saturated carbocycles. The van der Waals surface area contributed by atoms with Crippen LogP contribution in [0.5, 0.6) is 0 Å². The second-order valence-electron chi connectivity index (χ2n) is 3.94. The van der Waals surface area contributed by atoms with Gasteiger partial charge in [-0.25, -0.2) is 14.4 Å². The van der Waals surface area contributed by atoms with E-state index < -0.39 is 5.82 Å². The van der Waals surface area contributed by atoms with E-state index in [-0.39, 0.29) is 5.82 Å². The van der Waals surface area contributed by atoms with E-state index >= 15 is 0 Å². The predicted molar refractivity (Wildman–Crippen MR) is 67.7 cm³/mol. The lowest BCUT2D eigenvalue weighted by molar-refractivity contribution is 0.604. The summed E-state index contributed by atoms with van der Waals surface area (Å²) in [6.07, 6.45) is 3.98. The summed E-state index contributed by atoms with van der Waals surface area (Å²) in [7, 11) is 0. The predicted octanol–water partition coefficient (Wildman–Crippen LogP) is 2.49. The van der Waals surface area contributed by atoms with Gasteiger partial charge in [0.2, 0.25) is 0 Å². The van der Waals surface area contributed by atoms with Gasteiger partial charge in [0.25, 0.3) is 0 Å². The van der Waals surface area contributed by atoms with Crippen LogP contribution in [-0.2, 0) is 13.0 Å². The van der Waals surface area contributed by atoms with Crippen molar-refractivity contribution in [3.63, 3.8) is 0 Å². The Morgan fingerprint density at radius 3 is 2.89 bits per heavy atom. The molecule has 0 aromatic carbocycles. The fraction of sp³-hybridized carbons (Fsp3) is 0.308. The minimum absolute atomic E-state index is 0.218. The summed E-state index contributed by atoms with van der Waals surface area (Å²) in [5.41, 5.74) is 2.40. The van der Waals surface area contributed by atoms with Crippen molar-refractivity contribution in [1.82, 2.24) is 15.0 Å². The van der Waals surface area contributed by atoms with Crippen molar-refractivity contribution in [2.45, 2.75) is 26.8 Å². The SMILES string of the molecule is CCc1cccnc1CNc1ncnc(C)c1F. The fourth-order valence-corrected chi connectivity index (χ4v) is 1.70. The van der Waals surface area contributed by atoms with E-state index in [0.717, 1.165) is 17.7 Å². The molecule has 18 heavy (non-hydrogen) atoms. The van der Waals surface area contributed by atoms with Crippen molar-refractivity contribution in [1.29, 1.82) is 0 Å². The minimum Gasteiger partial charge on any atom is -0.362 e. The van der Waals surface area contributed by atoms with Gasteiger partial charge < -0.3 is 5.32 Å².